The highest BCUT2D eigenvalue weighted by atomic mass is 16.7. The number of rotatable bonds is 6. The molecule has 1 N–H and O–H groups in total. The number of fused-ring (bicyclic) bond motifs is 2. The van der Waals surface area contributed by atoms with E-state index in [1.807, 2.05) is 35.2 Å². The summed E-state index contributed by atoms with van der Waals surface area (Å²) in [6.45, 7) is 2.92. The molecule has 0 spiro atoms. The van der Waals surface area contributed by atoms with E-state index < -0.39 is 0 Å². The first kappa shape index (κ1) is 26.4. The van der Waals surface area contributed by atoms with Gasteiger partial charge in [-0.05, 0) is 66.3 Å². The number of amides is 2. The zero-order valence-corrected chi connectivity index (χ0v) is 23.3. The zero-order valence-electron chi connectivity index (χ0n) is 23.3. The second-order valence-corrected chi connectivity index (χ2v) is 11.3. The molecule has 40 heavy (non-hydrogen) atoms. The summed E-state index contributed by atoms with van der Waals surface area (Å²) in [5.74, 6) is 1.79. The molecule has 2 amide bonds. The first-order chi connectivity index (χ1) is 19.5. The molecule has 2 atom stereocenters. The Hall–Kier alpha value is -3.84. The zero-order chi connectivity index (χ0) is 27.6. The molecule has 1 saturated heterocycles. The maximum absolute atomic E-state index is 13.0. The molecule has 3 aromatic rings. The van der Waals surface area contributed by atoms with Crippen LogP contribution in [-0.2, 0) is 16.1 Å². The van der Waals surface area contributed by atoms with Crippen LogP contribution in [0.4, 0.5) is 5.69 Å². The number of hydrogen-bond donors (Lipinski definition) is 1. The van der Waals surface area contributed by atoms with Crippen LogP contribution in [0.15, 0.2) is 66.7 Å². The lowest BCUT2D eigenvalue weighted by Crippen LogP contribution is -2.44. The molecule has 0 aromatic heterocycles. The lowest BCUT2D eigenvalue weighted by Gasteiger charge is -2.38. The van der Waals surface area contributed by atoms with Gasteiger partial charge in [0.1, 0.15) is 5.75 Å². The van der Waals surface area contributed by atoms with Gasteiger partial charge in [0, 0.05) is 68.8 Å². The van der Waals surface area contributed by atoms with Crippen molar-refractivity contribution in [3.63, 3.8) is 0 Å². The van der Waals surface area contributed by atoms with E-state index in [1.54, 1.807) is 19.0 Å². The summed E-state index contributed by atoms with van der Waals surface area (Å²) >= 11 is 0. The number of likely N-dealkylation sites (tertiary alicyclic amines) is 1. The topological polar surface area (TPSA) is 71.1 Å². The van der Waals surface area contributed by atoms with Crippen molar-refractivity contribution >= 4 is 17.5 Å². The molecule has 7 heteroatoms. The Labute approximate surface area is 236 Å². The SMILES string of the molecule is CN(C)C(=O)c1ccc(-c2ccc3c(c2)COC(C2CCN(C(=O)CCC4CNc5ccccc54)CC2)O3)cc1. The number of carbonyl (C=O) groups excluding carboxylic acids is 2. The van der Waals surface area contributed by atoms with E-state index in [-0.39, 0.29) is 24.0 Å². The van der Waals surface area contributed by atoms with E-state index in [4.69, 9.17) is 9.47 Å². The van der Waals surface area contributed by atoms with E-state index in [0.29, 0.717) is 24.5 Å². The molecule has 2 unspecified atom stereocenters. The molecule has 1 fully saturated rings. The molecule has 0 saturated carbocycles. The number of para-hydroxylation sites is 1. The van der Waals surface area contributed by atoms with Gasteiger partial charge in [0.05, 0.1) is 6.61 Å². The molecule has 3 heterocycles. The Bertz CT molecular complexity index is 1380. The number of hydrogen-bond acceptors (Lipinski definition) is 5. The highest BCUT2D eigenvalue weighted by Crippen LogP contribution is 2.36. The Balaban J connectivity index is 1.00. The minimum Gasteiger partial charge on any atom is -0.464 e. The maximum atomic E-state index is 13.0. The third-order valence-corrected chi connectivity index (χ3v) is 8.50. The second kappa shape index (κ2) is 11.3. The number of benzene rings is 3. The van der Waals surface area contributed by atoms with E-state index in [2.05, 4.69) is 41.7 Å². The van der Waals surface area contributed by atoms with Crippen LogP contribution < -0.4 is 10.1 Å². The Morgan fingerprint density at radius 1 is 0.975 bits per heavy atom. The van der Waals surface area contributed by atoms with Crippen molar-refractivity contribution in [2.75, 3.05) is 39.0 Å². The van der Waals surface area contributed by atoms with Crippen LogP contribution in [0.2, 0.25) is 0 Å². The van der Waals surface area contributed by atoms with Crippen LogP contribution in [0.1, 0.15) is 53.1 Å². The molecule has 6 rings (SSSR count). The summed E-state index contributed by atoms with van der Waals surface area (Å²) in [5.41, 5.74) is 6.35. The smallest absolute Gasteiger partial charge is 0.253 e. The maximum Gasteiger partial charge on any atom is 0.253 e. The molecule has 3 aliphatic heterocycles. The molecule has 3 aliphatic rings. The van der Waals surface area contributed by atoms with Crippen LogP contribution in [0, 0.1) is 5.92 Å². The van der Waals surface area contributed by atoms with Gasteiger partial charge in [-0.3, -0.25) is 9.59 Å². The van der Waals surface area contributed by atoms with E-state index in [9.17, 15) is 9.59 Å². The highest BCUT2D eigenvalue weighted by Gasteiger charge is 2.33. The predicted molar refractivity (Wildman–Crippen MR) is 155 cm³/mol. The summed E-state index contributed by atoms with van der Waals surface area (Å²) in [6.07, 6.45) is 2.96. The first-order valence-electron chi connectivity index (χ1n) is 14.3. The van der Waals surface area contributed by atoms with Crippen molar-refractivity contribution < 1.29 is 19.1 Å². The molecule has 0 aliphatic carbocycles. The van der Waals surface area contributed by atoms with Crippen LogP contribution >= 0.6 is 0 Å². The van der Waals surface area contributed by atoms with Gasteiger partial charge in [0.2, 0.25) is 12.2 Å². The molecular formula is C33H37N3O4. The van der Waals surface area contributed by atoms with E-state index >= 15 is 0 Å². The molecular weight excluding hydrogens is 502 g/mol. The lowest BCUT2D eigenvalue weighted by atomic mass is 9.93. The molecule has 7 nitrogen and oxygen atoms in total. The number of carbonyl (C=O) groups is 2. The van der Waals surface area contributed by atoms with Crippen molar-refractivity contribution in [2.45, 2.75) is 44.5 Å². The van der Waals surface area contributed by atoms with Crippen molar-refractivity contribution in [2.24, 2.45) is 5.92 Å². The third-order valence-electron chi connectivity index (χ3n) is 8.50. The Kier molecular flexibility index (Phi) is 7.48. The van der Waals surface area contributed by atoms with Crippen LogP contribution in [0.5, 0.6) is 5.75 Å². The second-order valence-electron chi connectivity index (χ2n) is 11.3. The van der Waals surface area contributed by atoms with Gasteiger partial charge >= 0.3 is 0 Å². The number of piperidine rings is 1. The third kappa shape index (κ3) is 5.43. The van der Waals surface area contributed by atoms with Gasteiger partial charge < -0.3 is 24.6 Å². The summed E-state index contributed by atoms with van der Waals surface area (Å²) in [6, 6.07) is 22.3. The van der Waals surface area contributed by atoms with Crippen LogP contribution in [0.3, 0.4) is 0 Å². The molecule has 0 bridgehead atoms. The number of anilines is 1. The summed E-state index contributed by atoms with van der Waals surface area (Å²) in [5, 5.41) is 3.46. The molecule has 0 radical (unpaired) electrons. The van der Waals surface area contributed by atoms with Crippen molar-refractivity contribution in [1.29, 1.82) is 0 Å². The minimum atomic E-state index is -0.284. The van der Waals surface area contributed by atoms with Crippen molar-refractivity contribution in [1.82, 2.24) is 9.80 Å². The molecule has 3 aromatic carbocycles. The normalized spacial score (nSPS) is 20.2. The van der Waals surface area contributed by atoms with E-state index in [0.717, 1.165) is 61.3 Å². The summed E-state index contributed by atoms with van der Waals surface area (Å²) in [4.78, 5) is 28.7. The number of nitrogens with one attached hydrogen (secondary N) is 1. The quantitative estimate of drug-likeness (QED) is 0.447. The average molecular weight is 540 g/mol. The first-order valence-corrected chi connectivity index (χ1v) is 14.3. The predicted octanol–water partition coefficient (Wildman–Crippen LogP) is 5.52. The van der Waals surface area contributed by atoms with Gasteiger partial charge in [0.15, 0.2) is 0 Å². The summed E-state index contributed by atoms with van der Waals surface area (Å²) < 4.78 is 12.5. The Morgan fingerprint density at radius 3 is 2.50 bits per heavy atom. The van der Waals surface area contributed by atoms with Gasteiger partial charge in [-0.1, -0.05) is 36.4 Å². The van der Waals surface area contributed by atoms with Gasteiger partial charge in [-0.2, -0.15) is 0 Å². The Morgan fingerprint density at radius 2 is 1.73 bits per heavy atom. The van der Waals surface area contributed by atoms with Crippen LogP contribution in [0.25, 0.3) is 11.1 Å². The number of ether oxygens (including phenoxy) is 2. The number of nitrogens with zero attached hydrogens (tertiary/aromatic N) is 2. The fourth-order valence-corrected chi connectivity index (χ4v) is 6.11. The fraction of sp³-hybridized carbons (Fsp3) is 0.394. The minimum absolute atomic E-state index is 0.00665. The van der Waals surface area contributed by atoms with Gasteiger partial charge in [-0.15, -0.1) is 0 Å². The monoisotopic (exact) mass is 539 g/mol. The fourth-order valence-electron chi connectivity index (χ4n) is 6.11. The lowest BCUT2D eigenvalue weighted by molar-refractivity contribution is -0.154. The van der Waals surface area contributed by atoms with Crippen LogP contribution in [-0.4, -0.2) is 61.6 Å². The molecule has 208 valence electrons. The standard InChI is InChI=1S/C33H37N3O4/c1-35(2)32(38)23-9-7-22(8-10-23)25-11-13-30-27(19-25)21-39-33(40-30)24-15-17-36(18-16-24)31(37)14-12-26-20-34-29-6-4-3-5-28(26)29/h3-11,13,19,24,26,33-34H,12,14-18,20-21H2,1-2H3. The van der Waals surface area contributed by atoms with Crippen molar-refractivity contribution in [3.05, 3.63) is 83.4 Å². The summed E-state index contributed by atoms with van der Waals surface area (Å²) in [7, 11) is 3.51. The largest absolute Gasteiger partial charge is 0.464 e. The highest BCUT2D eigenvalue weighted by molar-refractivity contribution is 5.94. The van der Waals surface area contributed by atoms with Gasteiger partial charge in [0.25, 0.3) is 5.91 Å². The van der Waals surface area contributed by atoms with Gasteiger partial charge in [-0.25, -0.2) is 0 Å². The average Bonchev–Trinajstić information content (AvgIpc) is 3.42. The van der Waals surface area contributed by atoms with E-state index in [1.165, 1.54) is 11.3 Å². The van der Waals surface area contributed by atoms with Crippen molar-refractivity contribution in [3.8, 4) is 16.9 Å².